The number of hydrogen-bond acceptors (Lipinski definition) is 4. The highest BCUT2D eigenvalue weighted by atomic mass is 16.6. The largest absolute Gasteiger partial charge is 0.322 e. The minimum absolute atomic E-state index is 0.0666. The van der Waals surface area contributed by atoms with E-state index in [4.69, 9.17) is 0 Å². The number of carbonyl (C=O) groups excluding carboxylic acids is 1. The molecule has 26 heavy (non-hydrogen) atoms. The lowest BCUT2D eigenvalue weighted by molar-refractivity contribution is -0.384. The van der Waals surface area contributed by atoms with Crippen LogP contribution in [0.15, 0.2) is 54.6 Å². The maximum Gasteiger partial charge on any atom is 0.271 e. The van der Waals surface area contributed by atoms with Gasteiger partial charge in [-0.2, -0.15) is 5.10 Å². The Hall–Kier alpha value is -3.48. The standard InChI is InChI=1S/C19H18N4O3/c1-13-10-14(2)22(21-13)12-15-6-8-16(9-7-15)19(24)20-17-4-3-5-18(11-17)23(25)26/h3-11H,12H2,1-2H3,(H,20,24). The van der Waals surface area contributed by atoms with Crippen LogP contribution in [0.3, 0.4) is 0 Å². The highest BCUT2D eigenvalue weighted by Gasteiger charge is 2.10. The number of nitrogens with one attached hydrogen (secondary N) is 1. The van der Waals surface area contributed by atoms with Crippen molar-refractivity contribution in [3.63, 3.8) is 0 Å². The Morgan fingerprint density at radius 1 is 1.15 bits per heavy atom. The summed E-state index contributed by atoms with van der Waals surface area (Å²) in [4.78, 5) is 22.6. The minimum atomic E-state index is -0.497. The molecule has 3 aromatic rings. The van der Waals surface area contributed by atoms with Gasteiger partial charge in [-0.25, -0.2) is 0 Å². The fourth-order valence-corrected chi connectivity index (χ4v) is 2.67. The van der Waals surface area contributed by atoms with E-state index in [2.05, 4.69) is 10.4 Å². The Labute approximate surface area is 150 Å². The van der Waals surface area contributed by atoms with Gasteiger partial charge in [0, 0.05) is 29.1 Å². The first kappa shape index (κ1) is 17.3. The third-order valence-corrected chi connectivity index (χ3v) is 3.97. The van der Waals surface area contributed by atoms with E-state index in [1.807, 2.05) is 36.7 Å². The van der Waals surface area contributed by atoms with E-state index >= 15 is 0 Å². The maximum absolute atomic E-state index is 12.3. The van der Waals surface area contributed by atoms with E-state index in [-0.39, 0.29) is 11.6 Å². The van der Waals surface area contributed by atoms with Crippen molar-refractivity contribution in [2.24, 2.45) is 0 Å². The summed E-state index contributed by atoms with van der Waals surface area (Å²) in [5.74, 6) is -0.317. The molecule has 0 bridgehead atoms. The molecule has 0 unspecified atom stereocenters. The molecule has 1 heterocycles. The highest BCUT2D eigenvalue weighted by molar-refractivity contribution is 6.04. The number of aryl methyl sites for hydroxylation is 2. The molecule has 0 saturated carbocycles. The molecule has 0 spiro atoms. The number of hydrogen-bond donors (Lipinski definition) is 1. The molecule has 0 aliphatic heterocycles. The monoisotopic (exact) mass is 350 g/mol. The Morgan fingerprint density at radius 3 is 2.50 bits per heavy atom. The van der Waals surface area contributed by atoms with Crippen LogP contribution in [0, 0.1) is 24.0 Å². The Morgan fingerprint density at radius 2 is 1.88 bits per heavy atom. The van der Waals surface area contributed by atoms with Gasteiger partial charge in [-0.1, -0.05) is 18.2 Å². The Balaban J connectivity index is 1.70. The maximum atomic E-state index is 12.3. The Bertz CT molecular complexity index is 961. The molecular formula is C19H18N4O3. The van der Waals surface area contributed by atoms with Crippen molar-refractivity contribution in [3.8, 4) is 0 Å². The van der Waals surface area contributed by atoms with Gasteiger partial charge in [-0.05, 0) is 43.7 Å². The van der Waals surface area contributed by atoms with Gasteiger partial charge in [-0.15, -0.1) is 0 Å². The van der Waals surface area contributed by atoms with Gasteiger partial charge in [0.15, 0.2) is 0 Å². The summed E-state index contributed by atoms with van der Waals surface area (Å²) in [6.45, 7) is 4.58. The summed E-state index contributed by atoms with van der Waals surface area (Å²) in [6, 6.07) is 15.1. The number of rotatable bonds is 5. The summed E-state index contributed by atoms with van der Waals surface area (Å²) in [5, 5.41) is 17.9. The van der Waals surface area contributed by atoms with Crippen LogP contribution in [0.1, 0.15) is 27.3 Å². The zero-order valence-corrected chi connectivity index (χ0v) is 14.5. The molecule has 0 aliphatic carbocycles. The number of carbonyl (C=O) groups is 1. The van der Waals surface area contributed by atoms with E-state index in [1.165, 1.54) is 18.2 Å². The lowest BCUT2D eigenvalue weighted by atomic mass is 10.1. The number of benzene rings is 2. The van der Waals surface area contributed by atoms with Crippen molar-refractivity contribution in [3.05, 3.63) is 87.2 Å². The smallest absolute Gasteiger partial charge is 0.271 e. The molecule has 1 amide bonds. The number of nitro groups is 1. The lowest BCUT2D eigenvalue weighted by Gasteiger charge is -2.07. The van der Waals surface area contributed by atoms with Crippen LogP contribution in [0.4, 0.5) is 11.4 Å². The van der Waals surface area contributed by atoms with E-state index in [0.717, 1.165) is 17.0 Å². The molecule has 0 fully saturated rings. The van der Waals surface area contributed by atoms with Crippen LogP contribution in [-0.2, 0) is 6.54 Å². The van der Waals surface area contributed by atoms with Crippen LogP contribution in [-0.4, -0.2) is 20.6 Å². The number of aromatic nitrogens is 2. The fourth-order valence-electron chi connectivity index (χ4n) is 2.67. The van der Waals surface area contributed by atoms with Crippen molar-refractivity contribution < 1.29 is 9.72 Å². The van der Waals surface area contributed by atoms with E-state index in [1.54, 1.807) is 18.2 Å². The van der Waals surface area contributed by atoms with E-state index < -0.39 is 4.92 Å². The summed E-state index contributed by atoms with van der Waals surface area (Å²) in [6.07, 6.45) is 0. The molecule has 2 aromatic carbocycles. The first-order valence-corrected chi connectivity index (χ1v) is 8.08. The zero-order chi connectivity index (χ0) is 18.7. The second-order valence-electron chi connectivity index (χ2n) is 6.04. The first-order chi connectivity index (χ1) is 12.4. The van der Waals surface area contributed by atoms with Crippen LogP contribution in [0.5, 0.6) is 0 Å². The second-order valence-corrected chi connectivity index (χ2v) is 6.04. The van der Waals surface area contributed by atoms with Crippen LogP contribution in [0.2, 0.25) is 0 Å². The SMILES string of the molecule is Cc1cc(C)n(Cc2ccc(C(=O)Nc3cccc([N+](=O)[O-])c3)cc2)n1. The van der Waals surface area contributed by atoms with Crippen molar-refractivity contribution in [1.29, 1.82) is 0 Å². The van der Waals surface area contributed by atoms with Gasteiger partial charge >= 0.3 is 0 Å². The average Bonchev–Trinajstić information content (AvgIpc) is 2.93. The Kier molecular flexibility index (Phi) is 4.79. The van der Waals surface area contributed by atoms with Gasteiger partial charge in [0.1, 0.15) is 0 Å². The highest BCUT2D eigenvalue weighted by Crippen LogP contribution is 2.18. The average molecular weight is 350 g/mol. The van der Waals surface area contributed by atoms with Crippen molar-refractivity contribution in [2.75, 3.05) is 5.32 Å². The first-order valence-electron chi connectivity index (χ1n) is 8.08. The summed E-state index contributed by atoms with van der Waals surface area (Å²) >= 11 is 0. The number of nitro benzene ring substituents is 1. The summed E-state index contributed by atoms with van der Waals surface area (Å²) in [5.41, 5.74) is 3.88. The number of anilines is 1. The van der Waals surface area contributed by atoms with Crippen molar-refractivity contribution in [1.82, 2.24) is 9.78 Å². The number of nitrogens with zero attached hydrogens (tertiary/aromatic N) is 3. The fraction of sp³-hybridized carbons (Fsp3) is 0.158. The lowest BCUT2D eigenvalue weighted by Crippen LogP contribution is -2.12. The van der Waals surface area contributed by atoms with Crippen LogP contribution < -0.4 is 5.32 Å². The van der Waals surface area contributed by atoms with E-state index in [9.17, 15) is 14.9 Å². The molecular weight excluding hydrogens is 332 g/mol. The van der Waals surface area contributed by atoms with Crippen molar-refractivity contribution in [2.45, 2.75) is 20.4 Å². The van der Waals surface area contributed by atoms with Crippen LogP contribution in [0.25, 0.3) is 0 Å². The molecule has 3 rings (SSSR count). The van der Waals surface area contributed by atoms with Gasteiger partial charge in [-0.3, -0.25) is 19.6 Å². The molecule has 1 aromatic heterocycles. The molecule has 7 heteroatoms. The summed E-state index contributed by atoms with van der Waals surface area (Å²) < 4.78 is 1.91. The zero-order valence-electron chi connectivity index (χ0n) is 14.5. The van der Waals surface area contributed by atoms with Crippen molar-refractivity contribution >= 4 is 17.3 Å². The normalized spacial score (nSPS) is 10.5. The van der Waals surface area contributed by atoms with Crippen LogP contribution >= 0.6 is 0 Å². The predicted molar refractivity (Wildman–Crippen MR) is 98.3 cm³/mol. The van der Waals surface area contributed by atoms with E-state index in [0.29, 0.717) is 17.8 Å². The molecule has 0 aliphatic rings. The number of non-ortho nitro benzene ring substituents is 1. The molecule has 0 saturated heterocycles. The molecule has 132 valence electrons. The second kappa shape index (κ2) is 7.18. The van der Waals surface area contributed by atoms with Gasteiger partial charge in [0.25, 0.3) is 11.6 Å². The predicted octanol–water partition coefficient (Wildman–Crippen LogP) is 3.71. The number of amides is 1. The minimum Gasteiger partial charge on any atom is -0.322 e. The quantitative estimate of drug-likeness (QED) is 0.561. The molecule has 0 radical (unpaired) electrons. The van der Waals surface area contributed by atoms with Gasteiger partial charge in [0.05, 0.1) is 17.2 Å². The topological polar surface area (TPSA) is 90.1 Å². The third-order valence-electron chi connectivity index (χ3n) is 3.97. The molecule has 7 nitrogen and oxygen atoms in total. The summed E-state index contributed by atoms with van der Waals surface area (Å²) in [7, 11) is 0. The molecule has 0 atom stereocenters. The molecule has 1 N–H and O–H groups in total. The third kappa shape index (κ3) is 3.94. The van der Waals surface area contributed by atoms with Gasteiger partial charge < -0.3 is 5.32 Å². The van der Waals surface area contributed by atoms with Gasteiger partial charge in [0.2, 0.25) is 0 Å².